The first kappa shape index (κ1) is 22.3. The van der Waals surface area contributed by atoms with Crippen LogP contribution in [-0.2, 0) is 11.2 Å². The highest BCUT2D eigenvalue weighted by molar-refractivity contribution is 5.39. The van der Waals surface area contributed by atoms with Gasteiger partial charge in [0.05, 0.1) is 6.61 Å². The van der Waals surface area contributed by atoms with Crippen LogP contribution in [0.25, 0.3) is 0 Å². The standard InChI is InChI=1S/C22H35O5/c1-2-3-4-5-6-7-8-9-12-16-13-10-11-14-17(16)22-21(26)20(25)19(24)18(15-23)27-22/h10-11,13-14,18-21,23-26H,2-9,12,15H2,1H3/t18-,19+,20+,21-/m1/s1. The van der Waals surface area contributed by atoms with E-state index >= 15 is 0 Å². The van der Waals surface area contributed by atoms with Gasteiger partial charge in [-0.3, -0.25) is 0 Å². The summed E-state index contributed by atoms with van der Waals surface area (Å²) in [7, 11) is 0. The molecule has 1 aromatic carbocycles. The van der Waals surface area contributed by atoms with Gasteiger partial charge in [-0.2, -0.15) is 0 Å². The number of aliphatic hydroxyl groups is 4. The quantitative estimate of drug-likeness (QED) is 0.444. The van der Waals surface area contributed by atoms with Crippen molar-refractivity contribution >= 4 is 0 Å². The average molecular weight is 380 g/mol. The fourth-order valence-electron chi connectivity index (χ4n) is 3.66. The summed E-state index contributed by atoms with van der Waals surface area (Å²) in [5.74, 6) is 0. The number of hydrogen-bond acceptors (Lipinski definition) is 5. The van der Waals surface area contributed by atoms with Gasteiger partial charge in [0.25, 0.3) is 0 Å². The fraction of sp³-hybridized carbons (Fsp3) is 0.682. The number of unbranched alkanes of at least 4 members (excludes halogenated alkanes) is 7. The molecule has 1 saturated heterocycles. The molecule has 0 bridgehead atoms. The van der Waals surface area contributed by atoms with Crippen LogP contribution >= 0.6 is 0 Å². The summed E-state index contributed by atoms with van der Waals surface area (Å²) in [4.78, 5) is 0. The normalized spacial score (nSPS) is 26.4. The first-order chi connectivity index (χ1) is 13.1. The van der Waals surface area contributed by atoms with E-state index in [1.54, 1.807) is 0 Å². The van der Waals surface area contributed by atoms with Gasteiger partial charge in [0.1, 0.15) is 24.4 Å². The van der Waals surface area contributed by atoms with E-state index in [4.69, 9.17) is 4.74 Å². The zero-order valence-electron chi connectivity index (χ0n) is 16.4. The molecule has 27 heavy (non-hydrogen) atoms. The molecule has 4 N–H and O–H groups in total. The van der Waals surface area contributed by atoms with E-state index in [0.29, 0.717) is 0 Å². The van der Waals surface area contributed by atoms with E-state index in [9.17, 15) is 20.4 Å². The molecule has 1 aliphatic rings. The molecule has 1 fully saturated rings. The van der Waals surface area contributed by atoms with E-state index in [0.717, 1.165) is 24.0 Å². The summed E-state index contributed by atoms with van der Waals surface area (Å²) in [6, 6.07) is 7.68. The molecule has 0 spiro atoms. The number of ether oxygens (including phenoxy) is 1. The lowest BCUT2D eigenvalue weighted by Crippen LogP contribution is -2.55. The smallest absolute Gasteiger partial charge is 0.158 e. The number of hydrogen-bond donors (Lipinski definition) is 4. The maximum absolute atomic E-state index is 10.4. The highest BCUT2D eigenvalue weighted by atomic mass is 16.5. The molecule has 0 unspecified atom stereocenters. The van der Waals surface area contributed by atoms with E-state index in [1.807, 2.05) is 24.3 Å². The predicted molar refractivity (Wildman–Crippen MR) is 105 cm³/mol. The Hall–Kier alpha value is -0.980. The summed E-state index contributed by atoms with van der Waals surface area (Å²) >= 11 is 0. The van der Waals surface area contributed by atoms with Crippen molar-refractivity contribution in [3.8, 4) is 0 Å². The van der Waals surface area contributed by atoms with Crippen LogP contribution in [0.5, 0.6) is 0 Å². The second kappa shape index (κ2) is 11.8. The van der Waals surface area contributed by atoms with Crippen molar-refractivity contribution < 1.29 is 25.2 Å². The third kappa shape index (κ3) is 6.26. The second-order valence-electron chi connectivity index (χ2n) is 7.51. The lowest BCUT2D eigenvalue weighted by molar-refractivity contribution is -0.184. The highest BCUT2D eigenvalue weighted by Gasteiger charge is 2.45. The van der Waals surface area contributed by atoms with Crippen LogP contribution < -0.4 is 0 Å². The second-order valence-corrected chi connectivity index (χ2v) is 7.51. The van der Waals surface area contributed by atoms with Crippen molar-refractivity contribution in [1.29, 1.82) is 0 Å². The van der Waals surface area contributed by atoms with Crippen molar-refractivity contribution in [2.24, 2.45) is 0 Å². The SMILES string of the molecule is CCCCCCCCCCc1ccccc1[C]1O[C@H](CO)[C@H](O)[C@H](O)[C@H]1O. The number of aliphatic hydroxyl groups excluding tert-OH is 4. The first-order valence-electron chi connectivity index (χ1n) is 10.4. The van der Waals surface area contributed by atoms with Crippen molar-refractivity contribution in [2.75, 3.05) is 6.61 Å². The van der Waals surface area contributed by atoms with Gasteiger partial charge >= 0.3 is 0 Å². The minimum atomic E-state index is -1.37. The Kier molecular flexibility index (Phi) is 9.73. The summed E-state index contributed by atoms with van der Waals surface area (Å²) in [6.45, 7) is 1.81. The molecular weight excluding hydrogens is 344 g/mol. The zero-order valence-corrected chi connectivity index (χ0v) is 16.4. The summed E-state index contributed by atoms with van der Waals surface area (Å²) in [5, 5.41) is 39.7. The molecule has 1 aromatic rings. The molecule has 0 amide bonds. The Bertz CT molecular complexity index is 533. The molecule has 153 valence electrons. The third-order valence-electron chi connectivity index (χ3n) is 5.36. The number of aryl methyl sites for hydroxylation is 1. The van der Waals surface area contributed by atoms with Crippen LogP contribution in [0, 0.1) is 6.10 Å². The Labute approximate surface area is 163 Å². The van der Waals surface area contributed by atoms with Gasteiger partial charge in [0.2, 0.25) is 0 Å². The topological polar surface area (TPSA) is 90.2 Å². The maximum Gasteiger partial charge on any atom is 0.158 e. The van der Waals surface area contributed by atoms with Gasteiger partial charge in [-0.25, -0.2) is 0 Å². The molecule has 5 nitrogen and oxygen atoms in total. The van der Waals surface area contributed by atoms with Gasteiger partial charge in [0.15, 0.2) is 6.10 Å². The Morgan fingerprint density at radius 2 is 1.48 bits per heavy atom. The van der Waals surface area contributed by atoms with Crippen molar-refractivity contribution in [1.82, 2.24) is 0 Å². The van der Waals surface area contributed by atoms with Crippen molar-refractivity contribution in [3.63, 3.8) is 0 Å². The Balaban J connectivity index is 1.91. The molecule has 0 saturated carbocycles. The van der Waals surface area contributed by atoms with Gasteiger partial charge < -0.3 is 25.2 Å². The molecular formula is C22H35O5. The van der Waals surface area contributed by atoms with Gasteiger partial charge in [-0.15, -0.1) is 0 Å². The van der Waals surface area contributed by atoms with Crippen LogP contribution in [-0.4, -0.2) is 51.4 Å². The van der Waals surface area contributed by atoms with Crippen LogP contribution in [0.3, 0.4) is 0 Å². The van der Waals surface area contributed by atoms with Crippen LogP contribution in [0.1, 0.15) is 69.4 Å². The minimum absolute atomic E-state index is 0.238. The first-order valence-corrected chi connectivity index (χ1v) is 10.4. The van der Waals surface area contributed by atoms with Crippen molar-refractivity contribution in [2.45, 2.75) is 89.1 Å². The molecule has 1 heterocycles. The highest BCUT2D eigenvalue weighted by Crippen LogP contribution is 2.33. The van der Waals surface area contributed by atoms with E-state index in [1.165, 1.54) is 44.9 Å². The summed E-state index contributed by atoms with van der Waals surface area (Å²) in [5.41, 5.74) is 1.80. The lowest BCUT2D eigenvalue weighted by Gasteiger charge is -2.40. The average Bonchev–Trinajstić information content (AvgIpc) is 2.69. The Morgan fingerprint density at radius 1 is 0.852 bits per heavy atom. The van der Waals surface area contributed by atoms with Crippen LogP contribution in [0.2, 0.25) is 0 Å². The summed E-state index contributed by atoms with van der Waals surface area (Å²) < 4.78 is 5.65. The predicted octanol–water partition coefficient (Wildman–Crippen LogP) is 2.72. The minimum Gasteiger partial charge on any atom is -0.394 e. The maximum atomic E-state index is 10.4. The molecule has 1 aliphatic heterocycles. The molecule has 0 aromatic heterocycles. The van der Waals surface area contributed by atoms with Gasteiger partial charge in [0, 0.05) is 0 Å². The molecule has 1 radical (unpaired) electrons. The molecule has 2 rings (SSSR count). The van der Waals surface area contributed by atoms with Gasteiger partial charge in [-0.1, -0.05) is 76.1 Å². The summed E-state index contributed by atoms with van der Waals surface area (Å²) in [6.07, 6.45) is 6.15. The van der Waals surface area contributed by atoms with E-state index in [2.05, 4.69) is 6.92 Å². The largest absolute Gasteiger partial charge is 0.394 e. The zero-order chi connectivity index (χ0) is 19.6. The van der Waals surface area contributed by atoms with Crippen molar-refractivity contribution in [3.05, 3.63) is 41.5 Å². The third-order valence-corrected chi connectivity index (χ3v) is 5.36. The Morgan fingerprint density at radius 3 is 2.15 bits per heavy atom. The molecule has 0 aliphatic carbocycles. The van der Waals surface area contributed by atoms with E-state index in [-0.39, 0.29) is 6.10 Å². The van der Waals surface area contributed by atoms with Crippen LogP contribution in [0.15, 0.2) is 24.3 Å². The molecule has 4 atom stereocenters. The molecule has 5 heteroatoms. The lowest BCUT2D eigenvalue weighted by atomic mass is 9.88. The number of rotatable bonds is 11. The monoisotopic (exact) mass is 379 g/mol. The fourth-order valence-corrected chi connectivity index (χ4v) is 3.66. The van der Waals surface area contributed by atoms with Crippen LogP contribution in [0.4, 0.5) is 0 Å². The van der Waals surface area contributed by atoms with Gasteiger partial charge in [-0.05, 0) is 24.0 Å². The van der Waals surface area contributed by atoms with E-state index < -0.39 is 31.0 Å². The number of benzene rings is 1.